The molecule has 0 aromatic heterocycles. The lowest BCUT2D eigenvalue weighted by molar-refractivity contribution is -0.929. The van der Waals surface area contributed by atoms with Gasteiger partial charge in [-0.1, -0.05) is 0 Å². The summed E-state index contributed by atoms with van der Waals surface area (Å²) < 4.78 is 1.13. The quantitative estimate of drug-likeness (QED) is 0.164. The van der Waals surface area contributed by atoms with Crippen molar-refractivity contribution in [3.05, 3.63) is 0 Å². The Morgan fingerprint density at radius 3 is 0.769 bits per heavy atom. The van der Waals surface area contributed by atoms with E-state index in [1.54, 1.807) is 0 Å². The highest BCUT2D eigenvalue weighted by atomic mass is 35.5. The zero-order chi connectivity index (χ0) is 18.6. The summed E-state index contributed by atoms with van der Waals surface area (Å²) in [7, 11) is 0. The van der Waals surface area contributed by atoms with Crippen molar-refractivity contribution in [3.63, 3.8) is 0 Å². The predicted octanol–water partition coefficient (Wildman–Crippen LogP) is -0.542. The Bertz CT molecular complexity index is 217. The number of rotatable bonds is 20. The molecule has 5 nitrogen and oxygen atoms in total. The summed E-state index contributed by atoms with van der Waals surface area (Å²) in [4.78, 5) is 0. The smallest absolute Gasteiger partial charge is 0.0786 e. The molecule has 0 heterocycles. The number of nitrogens with zero attached hydrogens (tertiary/aromatic N) is 1. The van der Waals surface area contributed by atoms with E-state index in [0.29, 0.717) is 0 Å². The summed E-state index contributed by atoms with van der Waals surface area (Å²) in [6.45, 7) is 5.78. The van der Waals surface area contributed by atoms with Crippen LogP contribution in [-0.2, 0) is 0 Å². The van der Waals surface area contributed by atoms with Crippen molar-refractivity contribution in [1.82, 2.24) is 0 Å². The SMILES string of the molecule is OCCCCC[N+](CCCCCO)(CCCCCO)CCCCCO.[Cl-]. The first-order valence-electron chi connectivity index (χ1n) is 10.5. The molecule has 0 radical (unpaired) electrons. The predicted molar refractivity (Wildman–Crippen MR) is 103 cm³/mol. The van der Waals surface area contributed by atoms with Crippen molar-refractivity contribution < 1.29 is 37.3 Å². The van der Waals surface area contributed by atoms with Crippen LogP contribution in [0.25, 0.3) is 0 Å². The molecule has 0 saturated carbocycles. The fraction of sp³-hybridized carbons (Fsp3) is 1.00. The Labute approximate surface area is 167 Å². The van der Waals surface area contributed by atoms with Gasteiger partial charge in [0.1, 0.15) is 0 Å². The molecule has 0 rings (SSSR count). The first kappa shape index (κ1) is 28.3. The maximum atomic E-state index is 9.02. The van der Waals surface area contributed by atoms with E-state index in [0.717, 1.165) is 108 Å². The van der Waals surface area contributed by atoms with E-state index in [-0.39, 0.29) is 38.8 Å². The Kier molecular flexibility index (Phi) is 23.3. The van der Waals surface area contributed by atoms with Crippen molar-refractivity contribution in [1.29, 1.82) is 0 Å². The molecule has 0 amide bonds. The van der Waals surface area contributed by atoms with Crippen molar-refractivity contribution in [2.75, 3.05) is 52.6 Å². The van der Waals surface area contributed by atoms with Gasteiger partial charge in [0.2, 0.25) is 0 Å². The molecule has 4 N–H and O–H groups in total. The normalized spacial score (nSPS) is 11.5. The van der Waals surface area contributed by atoms with Crippen LogP contribution in [0.15, 0.2) is 0 Å². The first-order valence-corrected chi connectivity index (χ1v) is 10.5. The summed E-state index contributed by atoms with van der Waals surface area (Å²) in [5.41, 5.74) is 0. The van der Waals surface area contributed by atoms with Crippen molar-refractivity contribution >= 4 is 0 Å². The Balaban J connectivity index is 0. The fourth-order valence-corrected chi connectivity index (χ4v) is 3.61. The largest absolute Gasteiger partial charge is 1.00 e. The third-order valence-electron chi connectivity index (χ3n) is 5.16. The number of hydrogen-bond acceptors (Lipinski definition) is 4. The van der Waals surface area contributed by atoms with Crippen LogP contribution >= 0.6 is 0 Å². The number of aliphatic hydroxyl groups is 4. The number of aliphatic hydroxyl groups excluding tert-OH is 4. The van der Waals surface area contributed by atoms with Crippen LogP contribution in [0.1, 0.15) is 77.0 Å². The Morgan fingerprint density at radius 1 is 0.346 bits per heavy atom. The van der Waals surface area contributed by atoms with E-state index < -0.39 is 0 Å². The molecular weight excluding hydrogens is 354 g/mol. The second-order valence-electron chi connectivity index (χ2n) is 7.37. The molecule has 0 atom stereocenters. The van der Waals surface area contributed by atoms with Gasteiger partial charge >= 0.3 is 0 Å². The van der Waals surface area contributed by atoms with Gasteiger partial charge in [-0.15, -0.1) is 0 Å². The summed E-state index contributed by atoms with van der Waals surface area (Å²) in [6.07, 6.45) is 12.5. The van der Waals surface area contributed by atoms with E-state index in [4.69, 9.17) is 20.4 Å². The van der Waals surface area contributed by atoms with Crippen LogP contribution in [0.3, 0.4) is 0 Å². The van der Waals surface area contributed by atoms with Crippen molar-refractivity contribution in [3.8, 4) is 0 Å². The number of halogens is 1. The number of unbranched alkanes of at least 4 members (excludes halogenated alkanes) is 8. The van der Waals surface area contributed by atoms with E-state index in [9.17, 15) is 0 Å². The van der Waals surface area contributed by atoms with E-state index in [2.05, 4.69) is 0 Å². The molecule has 0 aromatic rings. The minimum Gasteiger partial charge on any atom is -1.00 e. The molecule has 0 saturated heterocycles. The van der Waals surface area contributed by atoms with Gasteiger partial charge in [0, 0.05) is 26.4 Å². The maximum absolute atomic E-state index is 9.02. The zero-order valence-electron chi connectivity index (χ0n) is 16.8. The lowest BCUT2D eigenvalue weighted by Gasteiger charge is -2.39. The molecule has 0 aliphatic rings. The molecule has 6 heteroatoms. The highest BCUT2D eigenvalue weighted by molar-refractivity contribution is 4.53. The zero-order valence-corrected chi connectivity index (χ0v) is 17.5. The second kappa shape index (κ2) is 21.4. The fourth-order valence-electron chi connectivity index (χ4n) is 3.61. The molecule has 26 heavy (non-hydrogen) atoms. The van der Waals surface area contributed by atoms with Crippen molar-refractivity contribution in [2.45, 2.75) is 77.0 Å². The van der Waals surface area contributed by atoms with Gasteiger partial charge < -0.3 is 37.3 Å². The molecule has 0 fully saturated rings. The Morgan fingerprint density at radius 2 is 0.577 bits per heavy atom. The third-order valence-corrected chi connectivity index (χ3v) is 5.16. The highest BCUT2D eigenvalue weighted by Gasteiger charge is 2.25. The minimum absolute atomic E-state index is 0. The van der Waals surface area contributed by atoms with Gasteiger partial charge in [-0.25, -0.2) is 0 Å². The van der Waals surface area contributed by atoms with Gasteiger partial charge in [0.15, 0.2) is 0 Å². The van der Waals surface area contributed by atoms with Crippen LogP contribution in [0, 0.1) is 0 Å². The van der Waals surface area contributed by atoms with Crippen LogP contribution in [0.5, 0.6) is 0 Å². The monoisotopic (exact) mass is 397 g/mol. The molecule has 0 aliphatic heterocycles. The van der Waals surface area contributed by atoms with Gasteiger partial charge in [-0.3, -0.25) is 0 Å². The molecule has 160 valence electrons. The molecular formula is C20H44ClNO4. The standard InChI is InChI=1S/C20H44NO4.ClH/c22-17-9-1-5-13-21(14-6-2-10-18-23,15-7-3-11-19-24)16-8-4-12-20-25;/h22-25H,1-20H2;1H/q+1;/p-1. The Hall–Kier alpha value is 0.0900. The maximum Gasteiger partial charge on any atom is 0.0786 e. The summed E-state index contributed by atoms with van der Waals surface area (Å²) in [6, 6.07) is 0. The van der Waals surface area contributed by atoms with Gasteiger partial charge in [-0.2, -0.15) is 0 Å². The van der Waals surface area contributed by atoms with Gasteiger partial charge in [0.05, 0.1) is 26.2 Å². The first-order chi connectivity index (χ1) is 12.2. The topological polar surface area (TPSA) is 80.9 Å². The molecule has 0 aromatic carbocycles. The molecule has 0 bridgehead atoms. The third kappa shape index (κ3) is 16.3. The number of hydrogen-bond donors (Lipinski definition) is 4. The van der Waals surface area contributed by atoms with E-state index >= 15 is 0 Å². The average molecular weight is 398 g/mol. The summed E-state index contributed by atoms with van der Waals surface area (Å²) in [5.74, 6) is 0. The van der Waals surface area contributed by atoms with Crippen LogP contribution in [0.2, 0.25) is 0 Å². The van der Waals surface area contributed by atoms with Gasteiger partial charge in [0.25, 0.3) is 0 Å². The number of quaternary nitrogens is 1. The van der Waals surface area contributed by atoms with Crippen LogP contribution < -0.4 is 12.4 Å². The molecule has 0 unspecified atom stereocenters. The summed E-state index contributed by atoms with van der Waals surface area (Å²) >= 11 is 0. The van der Waals surface area contributed by atoms with Crippen molar-refractivity contribution in [2.24, 2.45) is 0 Å². The van der Waals surface area contributed by atoms with Crippen LogP contribution in [0.4, 0.5) is 0 Å². The minimum atomic E-state index is 0. The van der Waals surface area contributed by atoms with E-state index in [1.165, 1.54) is 0 Å². The average Bonchev–Trinajstić information content (AvgIpc) is 2.63. The van der Waals surface area contributed by atoms with Gasteiger partial charge in [-0.05, 0) is 77.0 Å². The van der Waals surface area contributed by atoms with E-state index in [1.807, 2.05) is 0 Å². The highest BCUT2D eigenvalue weighted by Crippen LogP contribution is 2.18. The molecule has 0 spiro atoms. The molecule has 0 aliphatic carbocycles. The van der Waals surface area contributed by atoms with Crippen LogP contribution in [-0.4, -0.2) is 77.5 Å². The lowest BCUT2D eigenvalue weighted by atomic mass is 10.1. The second-order valence-corrected chi connectivity index (χ2v) is 7.37. The summed E-state index contributed by atoms with van der Waals surface area (Å²) in [5, 5.41) is 36.1. The lowest BCUT2D eigenvalue weighted by Crippen LogP contribution is -3.00.